The number of carboxylic acids is 1. The molecule has 2 N–H and O–H groups in total. The van der Waals surface area contributed by atoms with Gasteiger partial charge in [0.05, 0.1) is 6.54 Å². The van der Waals surface area contributed by atoms with Crippen molar-refractivity contribution in [2.24, 2.45) is 11.8 Å². The van der Waals surface area contributed by atoms with E-state index in [0.29, 0.717) is 18.4 Å². The molecule has 1 aliphatic rings. The zero-order chi connectivity index (χ0) is 10.8. The first-order valence-corrected chi connectivity index (χ1v) is 4.79. The highest BCUT2D eigenvalue weighted by atomic mass is 19.3. The fraction of sp³-hybridized carbons (Fsp3) is 0.889. The van der Waals surface area contributed by atoms with Crippen LogP contribution in [0.2, 0.25) is 0 Å². The van der Waals surface area contributed by atoms with Gasteiger partial charge in [-0.05, 0) is 24.8 Å². The SMILES string of the molecule is CCC1CC1CNCC(F)(F)C(=O)O. The molecule has 0 heterocycles. The van der Waals surface area contributed by atoms with Gasteiger partial charge in [-0.25, -0.2) is 4.79 Å². The monoisotopic (exact) mass is 207 g/mol. The normalized spacial score (nSPS) is 26.2. The molecule has 0 aromatic rings. The molecule has 14 heavy (non-hydrogen) atoms. The van der Waals surface area contributed by atoms with E-state index in [-0.39, 0.29) is 0 Å². The minimum atomic E-state index is -3.64. The van der Waals surface area contributed by atoms with Crippen molar-refractivity contribution < 1.29 is 18.7 Å². The molecular formula is C9H15F2NO2. The van der Waals surface area contributed by atoms with Gasteiger partial charge in [-0.15, -0.1) is 0 Å². The van der Waals surface area contributed by atoms with E-state index in [1.807, 2.05) is 0 Å². The predicted molar refractivity (Wildman–Crippen MR) is 47.3 cm³/mol. The Morgan fingerprint density at radius 2 is 2.21 bits per heavy atom. The maximum atomic E-state index is 12.5. The average molecular weight is 207 g/mol. The summed E-state index contributed by atoms with van der Waals surface area (Å²) in [4.78, 5) is 10.0. The van der Waals surface area contributed by atoms with Gasteiger partial charge in [0.1, 0.15) is 0 Å². The van der Waals surface area contributed by atoms with Gasteiger partial charge in [0.25, 0.3) is 0 Å². The summed E-state index contributed by atoms with van der Waals surface area (Å²) in [7, 11) is 0. The Hall–Kier alpha value is -0.710. The van der Waals surface area contributed by atoms with Crippen molar-refractivity contribution in [2.45, 2.75) is 25.7 Å². The van der Waals surface area contributed by atoms with Gasteiger partial charge in [-0.1, -0.05) is 13.3 Å². The zero-order valence-electron chi connectivity index (χ0n) is 8.09. The fourth-order valence-electron chi connectivity index (χ4n) is 1.55. The van der Waals surface area contributed by atoms with E-state index in [4.69, 9.17) is 5.11 Å². The smallest absolute Gasteiger partial charge is 0.375 e. The Morgan fingerprint density at radius 3 is 2.64 bits per heavy atom. The van der Waals surface area contributed by atoms with Crippen LogP contribution in [0.25, 0.3) is 0 Å². The lowest BCUT2D eigenvalue weighted by Gasteiger charge is -2.11. The molecule has 2 atom stereocenters. The quantitative estimate of drug-likeness (QED) is 0.691. The summed E-state index contributed by atoms with van der Waals surface area (Å²) in [5, 5.41) is 10.6. The van der Waals surface area contributed by atoms with Crippen LogP contribution < -0.4 is 5.32 Å². The fourth-order valence-corrected chi connectivity index (χ4v) is 1.55. The third-order valence-corrected chi connectivity index (χ3v) is 2.66. The van der Waals surface area contributed by atoms with Crippen molar-refractivity contribution in [3.05, 3.63) is 0 Å². The topological polar surface area (TPSA) is 49.3 Å². The number of carboxylic acid groups (broad SMARTS) is 1. The Morgan fingerprint density at radius 1 is 1.57 bits per heavy atom. The summed E-state index contributed by atoms with van der Waals surface area (Å²) in [6.45, 7) is 1.80. The van der Waals surface area contributed by atoms with Crippen LogP contribution in [0.4, 0.5) is 8.78 Å². The first-order valence-electron chi connectivity index (χ1n) is 4.79. The standard InChI is InChI=1S/C9H15F2NO2/c1-2-6-3-7(6)4-12-5-9(10,11)8(13)14/h6-7,12H,2-5H2,1H3,(H,13,14). The number of hydrogen-bond acceptors (Lipinski definition) is 2. The van der Waals surface area contributed by atoms with E-state index in [0.717, 1.165) is 12.8 Å². The molecule has 82 valence electrons. The Balaban J connectivity index is 2.13. The molecule has 0 aliphatic heterocycles. The third kappa shape index (κ3) is 2.90. The molecule has 0 radical (unpaired) electrons. The van der Waals surface area contributed by atoms with Crippen LogP contribution in [0.15, 0.2) is 0 Å². The van der Waals surface area contributed by atoms with Crippen molar-refractivity contribution in [1.29, 1.82) is 0 Å². The van der Waals surface area contributed by atoms with Crippen LogP contribution in [-0.4, -0.2) is 30.1 Å². The summed E-state index contributed by atoms with van der Waals surface area (Å²) in [5.74, 6) is -4.60. The number of rotatable bonds is 6. The number of nitrogens with one attached hydrogen (secondary N) is 1. The molecule has 0 aromatic heterocycles. The number of alkyl halides is 2. The van der Waals surface area contributed by atoms with E-state index in [9.17, 15) is 13.6 Å². The molecule has 5 heteroatoms. The number of halogens is 2. The van der Waals surface area contributed by atoms with Gasteiger partial charge in [-0.3, -0.25) is 0 Å². The Labute approximate surface area is 81.5 Å². The van der Waals surface area contributed by atoms with Gasteiger partial charge >= 0.3 is 11.9 Å². The highest BCUT2D eigenvalue weighted by Crippen LogP contribution is 2.40. The van der Waals surface area contributed by atoms with Crippen LogP contribution in [0.5, 0.6) is 0 Å². The highest BCUT2D eigenvalue weighted by molar-refractivity contribution is 5.75. The second-order valence-corrected chi connectivity index (χ2v) is 3.80. The number of aliphatic carboxylic acids is 1. The van der Waals surface area contributed by atoms with E-state index in [2.05, 4.69) is 12.2 Å². The summed E-state index contributed by atoms with van der Waals surface area (Å²) < 4.78 is 25.1. The molecule has 3 nitrogen and oxygen atoms in total. The Kier molecular flexibility index (Phi) is 3.42. The molecule has 0 aromatic carbocycles. The third-order valence-electron chi connectivity index (χ3n) is 2.66. The van der Waals surface area contributed by atoms with Crippen molar-refractivity contribution in [3.8, 4) is 0 Å². The molecule has 0 saturated heterocycles. The molecular weight excluding hydrogens is 192 g/mol. The van der Waals surface area contributed by atoms with Crippen molar-refractivity contribution in [1.82, 2.24) is 5.32 Å². The summed E-state index contributed by atoms with van der Waals surface area (Å²) in [6.07, 6.45) is 2.14. The van der Waals surface area contributed by atoms with Gasteiger partial charge < -0.3 is 10.4 Å². The second-order valence-electron chi connectivity index (χ2n) is 3.80. The molecule has 1 fully saturated rings. The van der Waals surface area contributed by atoms with Gasteiger partial charge in [0.2, 0.25) is 0 Å². The first-order chi connectivity index (χ1) is 6.47. The van der Waals surface area contributed by atoms with Crippen molar-refractivity contribution >= 4 is 5.97 Å². The lowest BCUT2D eigenvalue weighted by Crippen LogP contribution is -2.40. The van der Waals surface area contributed by atoms with Crippen molar-refractivity contribution in [3.63, 3.8) is 0 Å². The van der Waals surface area contributed by atoms with E-state index in [1.54, 1.807) is 0 Å². The maximum Gasteiger partial charge on any atom is 0.375 e. The molecule has 0 amide bonds. The minimum Gasteiger partial charge on any atom is -0.477 e. The number of carbonyl (C=O) groups is 1. The van der Waals surface area contributed by atoms with Gasteiger partial charge in [0.15, 0.2) is 0 Å². The molecule has 1 aliphatic carbocycles. The maximum absolute atomic E-state index is 12.5. The average Bonchev–Trinajstić information content (AvgIpc) is 2.83. The lowest BCUT2D eigenvalue weighted by molar-refractivity contribution is -0.164. The van der Waals surface area contributed by atoms with Gasteiger partial charge in [-0.2, -0.15) is 8.78 Å². The number of hydrogen-bond donors (Lipinski definition) is 2. The van der Waals surface area contributed by atoms with Gasteiger partial charge in [0, 0.05) is 0 Å². The van der Waals surface area contributed by atoms with Crippen LogP contribution >= 0.6 is 0 Å². The first kappa shape index (κ1) is 11.4. The minimum absolute atomic E-state index is 0.463. The predicted octanol–water partition coefficient (Wildman–Crippen LogP) is 1.34. The molecule has 1 rings (SSSR count). The zero-order valence-corrected chi connectivity index (χ0v) is 8.09. The van der Waals surface area contributed by atoms with Crippen LogP contribution in [-0.2, 0) is 4.79 Å². The van der Waals surface area contributed by atoms with Crippen LogP contribution in [0, 0.1) is 11.8 Å². The second kappa shape index (κ2) is 4.21. The summed E-state index contributed by atoms with van der Waals surface area (Å²) in [5.41, 5.74) is 0. The Bertz CT molecular complexity index is 221. The van der Waals surface area contributed by atoms with E-state index < -0.39 is 18.4 Å². The van der Waals surface area contributed by atoms with E-state index in [1.165, 1.54) is 0 Å². The summed E-state index contributed by atoms with van der Waals surface area (Å²) in [6, 6.07) is 0. The van der Waals surface area contributed by atoms with Crippen molar-refractivity contribution in [2.75, 3.05) is 13.1 Å². The largest absolute Gasteiger partial charge is 0.477 e. The van der Waals surface area contributed by atoms with Crippen LogP contribution in [0.3, 0.4) is 0 Å². The molecule has 0 bridgehead atoms. The molecule has 0 spiro atoms. The van der Waals surface area contributed by atoms with Crippen LogP contribution in [0.1, 0.15) is 19.8 Å². The highest BCUT2D eigenvalue weighted by Gasteiger charge is 2.40. The molecule has 2 unspecified atom stereocenters. The summed E-state index contributed by atoms with van der Waals surface area (Å²) >= 11 is 0. The molecule has 1 saturated carbocycles. The van der Waals surface area contributed by atoms with E-state index >= 15 is 0 Å². The lowest BCUT2D eigenvalue weighted by atomic mass is 10.2.